The van der Waals surface area contributed by atoms with Gasteiger partial charge in [0.1, 0.15) is 0 Å². The van der Waals surface area contributed by atoms with Gasteiger partial charge in [0.2, 0.25) is 5.91 Å². The van der Waals surface area contributed by atoms with Crippen LogP contribution in [0.15, 0.2) is 0 Å². The van der Waals surface area contributed by atoms with Crippen molar-refractivity contribution >= 4 is 5.91 Å². The molecule has 16 heavy (non-hydrogen) atoms. The van der Waals surface area contributed by atoms with Crippen LogP contribution in [0.25, 0.3) is 0 Å². The van der Waals surface area contributed by atoms with Gasteiger partial charge < -0.3 is 20.5 Å². The number of carbonyl (C=O) groups is 1. The average Bonchev–Trinajstić information content (AvgIpc) is 2.20. The fourth-order valence-electron chi connectivity index (χ4n) is 1.03. The zero-order valence-corrected chi connectivity index (χ0v) is 10.8. The molecule has 0 spiro atoms. The molecule has 0 bridgehead atoms. The number of hydrogen-bond acceptors (Lipinski definition) is 4. The van der Waals surface area contributed by atoms with Gasteiger partial charge in [-0.05, 0) is 27.7 Å². The van der Waals surface area contributed by atoms with Crippen molar-refractivity contribution in [3.8, 4) is 0 Å². The normalized spacial score (nSPS) is 15.6. The van der Waals surface area contributed by atoms with Gasteiger partial charge in [-0.1, -0.05) is 0 Å². The first-order valence-corrected chi connectivity index (χ1v) is 5.53. The fraction of sp³-hybridized carbons (Fsp3) is 0.909. The predicted molar refractivity (Wildman–Crippen MR) is 63.2 cm³/mol. The summed E-state index contributed by atoms with van der Waals surface area (Å²) in [7, 11) is 1.58. The zero-order valence-electron chi connectivity index (χ0n) is 10.8. The first-order valence-electron chi connectivity index (χ1n) is 5.53. The molecule has 2 atom stereocenters. The van der Waals surface area contributed by atoms with Crippen molar-refractivity contribution in [3.63, 3.8) is 0 Å². The molecular formula is C11H24N2O3. The van der Waals surface area contributed by atoms with E-state index in [0.29, 0.717) is 6.54 Å². The highest BCUT2D eigenvalue weighted by Gasteiger charge is 2.15. The molecule has 96 valence electrons. The molecule has 1 amide bonds. The third kappa shape index (κ3) is 7.62. The third-order valence-electron chi connectivity index (χ3n) is 2.01. The molecule has 0 radical (unpaired) electrons. The minimum atomic E-state index is -0.605. The van der Waals surface area contributed by atoms with Crippen LogP contribution in [-0.2, 0) is 9.53 Å². The molecule has 2 unspecified atom stereocenters. The average molecular weight is 232 g/mol. The van der Waals surface area contributed by atoms with Gasteiger partial charge in [0.25, 0.3) is 0 Å². The van der Waals surface area contributed by atoms with E-state index in [1.807, 2.05) is 20.8 Å². The van der Waals surface area contributed by atoms with E-state index in [0.717, 1.165) is 0 Å². The summed E-state index contributed by atoms with van der Waals surface area (Å²) in [5.74, 6) is -0.0936. The lowest BCUT2D eigenvalue weighted by Crippen LogP contribution is -2.44. The first kappa shape index (κ1) is 15.3. The van der Waals surface area contributed by atoms with E-state index in [9.17, 15) is 9.90 Å². The smallest absolute Gasteiger partial charge is 0.236 e. The Morgan fingerprint density at radius 1 is 1.44 bits per heavy atom. The summed E-state index contributed by atoms with van der Waals surface area (Å²) in [5, 5.41) is 15.1. The van der Waals surface area contributed by atoms with Crippen LogP contribution < -0.4 is 10.6 Å². The van der Waals surface area contributed by atoms with E-state index in [1.54, 1.807) is 14.0 Å². The van der Waals surface area contributed by atoms with Crippen LogP contribution in [0.5, 0.6) is 0 Å². The molecule has 0 saturated carbocycles. The lowest BCUT2D eigenvalue weighted by molar-refractivity contribution is -0.122. The summed E-state index contributed by atoms with van der Waals surface area (Å²) in [5.41, 5.74) is -0.257. The topological polar surface area (TPSA) is 70.6 Å². The summed E-state index contributed by atoms with van der Waals surface area (Å²) in [6.07, 6.45) is -0.605. The van der Waals surface area contributed by atoms with E-state index >= 15 is 0 Å². The van der Waals surface area contributed by atoms with Gasteiger partial charge in [0.05, 0.1) is 24.4 Å². The maximum absolute atomic E-state index is 11.2. The number of hydrogen-bond donors (Lipinski definition) is 3. The van der Waals surface area contributed by atoms with Gasteiger partial charge in [-0.15, -0.1) is 0 Å². The van der Waals surface area contributed by atoms with Crippen molar-refractivity contribution in [1.29, 1.82) is 0 Å². The summed E-state index contributed by atoms with van der Waals surface area (Å²) < 4.78 is 5.42. The molecule has 0 aliphatic rings. The van der Waals surface area contributed by atoms with Crippen LogP contribution >= 0.6 is 0 Å². The number of amides is 1. The highest BCUT2D eigenvalue weighted by atomic mass is 16.5. The minimum absolute atomic E-state index is 0.0936. The lowest BCUT2D eigenvalue weighted by Gasteiger charge is -2.22. The predicted octanol–water partition coefficient (Wildman–Crippen LogP) is -0.113. The Balaban J connectivity index is 3.73. The highest BCUT2D eigenvalue weighted by molar-refractivity contribution is 5.80. The van der Waals surface area contributed by atoms with Gasteiger partial charge in [0.15, 0.2) is 0 Å². The number of carbonyl (C=O) groups excluding carboxylic acids is 1. The second-order valence-electron chi connectivity index (χ2n) is 4.82. The second kappa shape index (κ2) is 6.83. The molecule has 0 rings (SSSR count). The summed E-state index contributed by atoms with van der Waals surface area (Å²) in [6, 6.07) is -0.311. The van der Waals surface area contributed by atoms with Crippen LogP contribution in [0.3, 0.4) is 0 Å². The van der Waals surface area contributed by atoms with E-state index < -0.39 is 6.10 Å². The Bertz CT molecular complexity index is 214. The number of likely N-dealkylation sites (N-methyl/N-ethyl adjacent to an activating group) is 1. The number of ether oxygens (including phenoxy) is 1. The Morgan fingerprint density at radius 2 is 2.00 bits per heavy atom. The van der Waals surface area contributed by atoms with Gasteiger partial charge in [0, 0.05) is 13.6 Å². The summed E-state index contributed by atoms with van der Waals surface area (Å²) in [4.78, 5) is 11.2. The molecule has 0 heterocycles. The van der Waals surface area contributed by atoms with Crippen LogP contribution in [0, 0.1) is 0 Å². The van der Waals surface area contributed by atoms with Crippen molar-refractivity contribution in [3.05, 3.63) is 0 Å². The molecule has 5 heteroatoms. The fourth-order valence-corrected chi connectivity index (χ4v) is 1.03. The Hall–Kier alpha value is -0.650. The van der Waals surface area contributed by atoms with Gasteiger partial charge >= 0.3 is 0 Å². The van der Waals surface area contributed by atoms with Crippen LogP contribution in [0.1, 0.15) is 27.7 Å². The molecule has 5 nitrogen and oxygen atoms in total. The Kier molecular flexibility index (Phi) is 6.55. The number of rotatable bonds is 6. The monoisotopic (exact) mass is 232 g/mol. The van der Waals surface area contributed by atoms with Gasteiger partial charge in [-0.25, -0.2) is 0 Å². The van der Waals surface area contributed by atoms with Crippen LogP contribution in [-0.4, -0.2) is 49.0 Å². The lowest BCUT2D eigenvalue weighted by atomic mass is 10.2. The molecule has 0 aliphatic carbocycles. The van der Waals surface area contributed by atoms with Gasteiger partial charge in [-0.3, -0.25) is 4.79 Å². The molecule has 0 aromatic heterocycles. The molecule has 0 fully saturated rings. The van der Waals surface area contributed by atoms with Crippen LogP contribution in [0.4, 0.5) is 0 Å². The number of aliphatic hydroxyl groups excluding tert-OH is 1. The van der Waals surface area contributed by atoms with E-state index in [-0.39, 0.29) is 24.2 Å². The van der Waals surface area contributed by atoms with E-state index in [4.69, 9.17) is 4.74 Å². The summed E-state index contributed by atoms with van der Waals surface area (Å²) >= 11 is 0. The van der Waals surface area contributed by atoms with E-state index in [1.165, 1.54) is 0 Å². The van der Waals surface area contributed by atoms with Crippen molar-refractivity contribution in [2.75, 3.05) is 20.2 Å². The molecule has 0 saturated heterocycles. The van der Waals surface area contributed by atoms with Crippen molar-refractivity contribution < 1.29 is 14.6 Å². The zero-order chi connectivity index (χ0) is 12.8. The minimum Gasteiger partial charge on any atom is -0.389 e. The summed E-state index contributed by atoms with van der Waals surface area (Å²) in [6.45, 7) is 8.14. The Labute approximate surface area is 97.6 Å². The maximum atomic E-state index is 11.2. The van der Waals surface area contributed by atoms with Gasteiger partial charge in [-0.2, -0.15) is 0 Å². The third-order valence-corrected chi connectivity index (χ3v) is 2.01. The largest absolute Gasteiger partial charge is 0.389 e. The molecule has 0 aromatic rings. The number of nitrogens with one attached hydrogen (secondary N) is 2. The SMILES string of the molecule is CNC(=O)C(C)NCC(O)COC(C)(C)C. The second-order valence-corrected chi connectivity index (χ2v) is 4.82. The number of aliphatic hydroxyl groups is 1. The quantitative estimate of drug-likeness (QED) is 0.597. The molecule has 0 aromatic carbocycles. The first-order chi connectivity index (χ1) is 7.26. The van der Waals surface area contributed by atoms with Crippen molar-refractivity contribution in [2.45, 2.75) is 45.4 Å². The molecule has 3 N–H and O–H groups in total. The highest BCUT2D eigenvalue weighted by Crippen LogP contribution is 2.06. The molecular weight excluding hydrogens is 208 g/mol. The standard InChI is InChI=1S/C11H24N2O3/c1-8(10(15)12-5)13-6-9(14)7-16-11(2,3)4/h8-9,13-14H,6-7H2,1-5H3,(H,12,15). The molecule has 0 aliphatic heterocycles. The van der Waals surface area contributed by atoms with E-state index in [2.05, 4.69) is 10.6 Å². The Morgan fingerprint density at radius 3 is 2.44 bits per heavy atom. The maximum Gasteiger partial charge on any atom is 0.236 e. The van der Waals surface area contributed by atoms with Crippen LogP contribution in [0.2, 0.25) is 0 Å². The van der Waals surface area contributed by atoms with Crippen molar-refractivity contribution in [1.82, 2.24) is 10.6 Å². The van der Waals surface area contributed by atoms with Crippen molar-refractivity contribution in [2.24, 2.45) is 0 Å².